The monoisotopic (exact) mass is 614 g/mol. The van der Waals surface area contributed by atoms with Crippen molar-refractivity contribution in [2.45, 2.75) is 0 Å². The van der Waals surface area contributed by atoms with Gasteiger partial charge >= 0.3 is 0 Å². The van der Waals surface area contributed by atoms with Crippen LogP contribution in [0, 0.1) is 0 Å². The van der Waals surface area contributed by atoms with Gasteiger partial charge in [-0.15, -0.1) is 0 Å². The topological polar surface area (TPSA) is 6.48 Å². The van der Waals surface area contributed by atoms with Crippen molar-refractivity contribution in [1.29, 1.82) is 0 Å². The van der Waals surface area contributed by atoms with E-state index in [1.807, 2.05) is 0 Å². The van der Waals surface area contributed by atoms with E-state index in [4.69, 9.17) is 0 Å². The summed E-state index contributed by atoms with van der Waals surface area (Å²) in [6.45, 7) is 0. The van der Waals surface area contributed by atoms with Gasteiger partial charge in [-0.3, -0.25) is 0 Å². The molecule has 0 bridgehead atoms. The van der Waals surface area contributed by atoms with E-state index < -0.39 is 0 Å². The van der Waals surface area contributed by atoms with E-state index in [9.17, 15) is 0 Å². The molecular weight excluding hydrogens is 581 g/mol. The zero-order chi connectivity index (χ0) is 32.1. The molecule has 0 saturated carbocycles. The Morgan fingerprint density at radius 3 is 1.15 bits per heavy atom. The summed E-state index contributed by atoms with van der Waals surface area (Å²) in [7, 11) is 0. The van der Waals surface area contributed by atoms with Crippen molar-refractivity contribution in [3.05, 3.63) is 206 Å². The minimum atomic E-state index is 1.09. The molecule has 0 saturated heterocycles. The maximum absolute atomic E-state index is 2.34. The Kier molecular flexibility index (Phi) is 7.96. The summed E-state index contributed by atoms with van der Waals surface area (Å²) in [6.07, 6.45) is 0. The standard InChI is InChI=1S/C46H34N2/c1-4-13-35(14-5-1)36-23-25-37(26-24-36)38-27-29-42(30-28-38)47(40-17-6-2-7-18-40)43-31-33-44(34-32-43)48(41-19-8-3-9-20-41)46-22-12-16-39-15-10-11-21-45(39)46/h1-34H. The van der Waals surface area contributed by atoms with Gasteiger partial charge in [0.1, 0.15) is 0 Å². The van der Waals surface area contributed by atoms with E-state index in [1.54, 1.807) is 0 Å². The van der Waals surface area contributed by atoms with Crippen LogP contribution >= 0.6 is 0 Å². The van der Waals surface area contributed by atoms with Crippen molar-refractivity contribution < 1.29 is 0 Å². The number of hydrogen-bond acceptors (Lipinski definition) is 2. The lowest BCUT2D eigenvalue weighted by molar-refractivity contribution is 1.26. The SMILES string of the molecule is c1ccc(-c2ccc(-c3ccc(N(c4ccccc4)c4ccc(N(c5ccccc5)c5cccc6ccccc56)cc4)cc3)cc2)cc1. The van der Waals surface area contributed by atoms with Gasteiger partial charge in [0, 0.05) is 33.8 Å². The van der Waals surface area contributed by atoms with Gasteiger partial charge in [0.25, 0.3) is 0 Å². The molecule has 0 aromatic heterocycles. The molecule has 0 atom stereocenters. The maximum atomic E-state index is 2.34. The highest BCUT2D eigenvalue weighted by molar-refractivity contribution is 5.99. The minimum absolute atomic E-state index is 1.09. The third-order valence-electron chi connectivity index (χ3n) is 8.85. The molecule has 0 spiro atoms. The molecule has 8 aromatic carbocycles. The molecular formula is C46H34N2. The first-order chi connectivity index (χ1) is 23.8. The van der Waals surface area contributed by atoms with E-state index in [2.05, 4.69) is 216 Å². The van der Waals surface area contributed by atoms with Crippen LogP contribution < -0.4 is 9.80 Å². The van der Waals surface area contributed by atoms with Crippen LogP contribution in [0.1, 0.15) is 0 Å². The fourth-order valence-corrected chi connectivity index (χ4v) is 6.47. The minimum Gasteiger partial charge on any atom is -0.311 e. The summed E-state index contributed by atoms with van der Waals surface area (Å²) in [6, 6.07) is 73.4. The smallest absolute Gasteiger partial charge is 0.0540 e. The Morgan fingerprint density at radius 1 is 0.229 bits per heavy atom. The molecule has 0 radical (unpaired) electrons. The number of fused-ring (bicyclic) bond motifs is 1. The van der Waals surface area contributed by atoms with Gasteiger partial charge in [-0.2, -0.15) is 0 Å². The van der Waals surface area contributed by atoms with Crippen molar-refractivity contribution in [3.8, 4) is 22.3 Å². The number of nitrogens with zero attached hydrogens (tertiary/aromatic N) is 2. The van der Waals surface area contributed by atoms with Crippen molar-refractivity contribution in [3.63, 3.8) is 0 Å². The van der Waals surface area contributed by atoms with Gasteiger partial charge in [-0.1, -0.05) is 140 Å². The highest BCUT2D eigenvalue weighted by Gasteiger charge is 2.17. The molecule has 0 aliphatic rings. The Hall–Kier alpha value is -6.38. The van der Waals surface area contributed by atoms with Crippen molar-refractivity contribution in [1.82, 2.24) is 0 Å². The number of rotatable bonds is 8. The van der Waals surface area contributed by atoms with Gasteiger partial charge in [-0.05, 0) is 94.4 Å². The molecule has 228 valence electrons. The number of benzene rings is 8. The molecule has 2 heteroatoms. The lowest BCUT2D eigenvalue weighted by Crippen LogP contribution is -2.12. The lowest BCUT2D eigenvalue weighted by Gasteiger charge is -2.29. The van der Waals surface area contributed by atoms with Gasteiger partial charge < -0.3 is 9.80 Å². The Balaban J connectivity index is 1.14. The normalized spacial score (nSPS) is 10.9. The second kappa shape index (κ2) is 13.2. The summed E-state index contributed by atoms with van der Waals surface area (Å²) < 4.78 is 0. The zero-order valence-corrected chi connectivity index (χ0v) is 26.5. The zero-order valence-electron chi connectivity index (χ0n) is 26.5. The molecule has 0 amide bonds. The summed E-state index contributed by atoms with van der Waals surface area (Å²) in [5, 5.41) is 2.44. The summed E-state index contributed by atoms with van der Waals surface area (Å²) in [5.41, 5.74) is 11.5. The lowest BCUT2D eigenvalue weighted by atomic mass is 10.00. The first-order valence-electron chi connectivity index (χ1n) is 16.4. The van der Waals surface area contributed by atoms with Crippen LogP contribution in [0.25, 0.3) is 33.0 Å². The fraction of sp³-hybridized carbons (Fsp3) is 0. The molecule has 0 fully saturated rings. The molecule has 0 unspecified atom stereocenters. The van der Waals surface area contributed by atoms with Gasteiger partial charge in [0.2, 0.25) is 0 Å². The molecule has 8 aromatic rings. The summed E-state index contributed by atoms with van der Waals surface area (Å²) in [5.74, 6) is 0. The summed E-state index contributed by atoms with van der Waals surface area (Å²) >= 11 is 0. The molecule has 8 rings (SSSR count). The van der Waals surface area contributed by atoms with Crippen LogP contribution in [0.3, 0.4) is 0 Å². The van der Waals surface area contributed by atoms with Gasteiger partial charge in [0.05, 0.1) is 5.69 Å². The third kappa shape index (κ3) is 5.84. The van der Waals surface area contributed by atoms with Crippen molar-refractivity contribution in [2.24, 2.45) is 0 Å². The highest BCUT2D eigenvalue weighted by atomic mass is 15.2. The average Bonchev–Trinajstić information content (AvgIpc) is 3.17. The molecule has 0 heterocycles. The van der Waals surface area contributed by atoms with E-state index in [0.29, 0.717) is 0 Å². The predicted molar refractivity (Wildman–Crippen MR) is 204 cm³/mol. The number of anilines is 6. The largest absolute Gasteiger partial charge is 0.311 e. The average molecular weight is 615 g/mol. The quantitative estimate of drug-likeness (QED) is 0.168. The third-order valence-corrected chi connectivity index (χ3v) is 8.85. The van der Waals surface area contributed by atoms with E-state index >= 15 is 0 Å². The van der Waals surface area contributed by atoms with Gasteiger partial charge in [-0.25, -0.2) is 0 Å². The molecule has 48 heavy (non-hydrogen) atoms. The Bertz CT molecular complexity index is 2240. The first kappa shape index (κ1) is 29.1. The molecule has 2 nitrogen and oxygen atoms in total. The first-order valence-corrected chi connectivity index (χ1v) is 16.4. The number of hydrogen-bond donors (Lipinski definition) is 0. The second-order valence-corrected chi connectivity index (χ2v) is 11.8. The van der Waals surface area contributed by atoms with E-state index in [1.165, 1.54) is 33.0 Å². The fourth-order valence-electron chi connectivity index (χ4n) is 6.47. The van der Waals surface area contributed by atoms with Crippen LogP contribution in [-0.4, -0.2) is 0 Å². The molecule has 0 aliphatic heterocycles. The molecule has 0 N–H and O–H groups in total. The molecule has 0 aliphatic carbocycles. The van der Waals surface area contributed by atoms with Crippen LogP contribution in [-0.2, 0) is 0 Å². The highest BCUT2D eigenvalue weighted by Crippen LogP contribution is 2.41. The van der Waals surface area contributed by atoms with Crippen molar-refractivity contribution >= 4 is 44.9 Å². The van der Waals surface area contributed by atoms with Gasteiger partial charge in [0.15, 0.2) is 0 Å². The number of para-hydroxylation sites is 2. The second-order valence-electron chi connectivity index (χ2n) is 11.8. The predicted octanol–water partition coefficient (Wildman–Crippen LogP) is 13.1. The van der Waals surface area contributed by atoms with E-state index in [0.717, 1.165) is 34.1 Å². The Labute approximate surface area is 282 Å². The van der Waals surface area contributed by atoms with Crippen LogP contribution in [0.4, 0.5) is 34.1 Å². The van der Waals surface area contributed by atoms with Crippen LogP contribution in [0.5, 0.6) is 0 Å². The van der Waals surface area contributed by atoms with Crippen molar-refractivity contribution in [2.75, 3.05) is 9.80 Å². The van der Waals surface area contributed by atoms with Crippen LogP contribution in [0.15, 0.2) is 206 Å². The van der Waals surface area contributed by atoms with E-state index in [-0.39, 0.29) is 0 Å². The Morgan fingerprint density at radius 2 is 0.583 bits per heavy atom. The summed E-state index contributed by atoms with van der Waals surface area (Å²) in [4.78, 5) is 4.66. The maximum Gasteiger partial charge on any atom is 0.0540 e. The van der Waals surface area contributed by atoms with Crippen LogP contribution in [0.2, 0.25) is 0 Å².